The number of ether oxygens (including phenoxy) is 3. The zero-order chi connectivity index (χ0) is 21.5. The van der Waals surface area contributed by atoms with E-state index >= 15 is 0 Å². The van der Waals surface area contributed by atoms with Gasteiger partial charge in [0.25, 0.3) is 0 Å². The number of rotatable bonds is 8. The molecule has 1 fully saturated rings. The molecule has 162 valence electrons. The van der Waals surface area contributed by atoms with Crippen LogP contribution in [-0.2, 0) is 32.2 Å². The highest BCUT2D eigenvalue weighted by Gasteiger charge is 2.47. The van der Waals surface area contributed by atoms with Crippen LogP contribution < -0.4 is 0 Å². The molecule has 1 aliphatic rings. The molecule has 5 nitrogen and oxygen atoms in total. The SMILES string of the molecule is CC[C@H]1O[C@@H](OC)[C@@H](N(Cc2ccccc2)C(C)=O)[C@@H](OCc2ccccc2)[C@H]1C. The van der Waals surface area contributed by atoms with Crippen molar-refractivity contribution in [2.75, 3.05) is 7.11 Å². The van der Waals surface area contributed by atoms with Gasteiger partial charge < -0.3 is 19.1 Å². The largest absolute Gasteiger partial charge is 0.371 e. The molecule has 0 spiro atoms. The summed E-state index contributed by atoms with van der Waals surface area (Å²) in [4.78, 5) is 14.6. The highest BCUT2D eigenvalue weighted by molar-refractivity contribution is 5.73. The quantitative estimate of drug-likeness (QED) is 0.646. The van der Waals surface area contributed by atoms with Crippen LogP contribution in [0.1, 0.15) is 38.3 Å². The normalized spacial score (nSPS) is 26.3. The smallest absolute Gasteiger partial charge is 0.220 e. The van der Waals surface area contributed by atoms with Crippen LogP contribution >= 0.6 is 0 Å². The molecule has 5 atom stereocenters. The molecule has 0 radical (unpaired) electrons. The second-order valence-corrected chi connectivity index (χ2v) is 7.93. The zero-order valence-electron chi connectivity index (χ0n) is 18.4. The van der Waals surface area contributed by atoms with Crippen molar-refractivity contribution in [2.45, 2.75) is 64.9 Å². The summed E-state index contributed by atoms with van der Waals surface area (Å²) in [7, 11) is 1.63. The van der Waals surface area contributed by atoms with E-state index in [2.05, 4.69) is 26.0 Å². The van der Waals surface area contributed by atoms with E-state index in [0.29, 0.717) is 13.2 Å². The van der Waals surface area contributed by atoms with E-state index in [4.69, 9.17) is 14.2 Å². The van der Waals surface area contributed by atoms with Crippen LogP contribution in [0.3, 0.4) is 0 Å². The van der Waals surface area contributed by atoms with Crippen molar-refractivity contribution in [1.29, 1.82) is 0 Å². The fourth-order valence-corrected chi connectivity index (χ4v) is 4.27. The molecular formula is C25H33NO4. The van der Waals surface area contributed by atoms with Gasteiger partial charge in [-0.2, -0.15) is 0 Å². The van der Waals surface area contributed by atoms with Crippen LogP contribution in [-0.4, -0.2) is 42.5 Å². The molecule has 2 aromatic rings. The van der Waals surface area contributed by atoms with E-state index in [1.807, 2.05) is 53.4 Å². The van der Waals surface area contributed by atoms with Crippen LogP contribution in [0.5, 0.6) is 0 Å². The first kappa shape index (κ1) is 22.5. The fraction of sp³-hybridized carbons (Fsp3) is 0.480. The van der Waals surface area contributed by atoms with Gasteiger partial charge in [-0.25, -0.2) is 0 Å². The third kappa shape index (κ3) is 5.28. The molecule has 0 aromatic heterocycles. The summed E-state index contributed by atoms with van der Waals surface area (Å²) in [5.41, 5.74) is 2.17. The molecule has 1 heterocycles. The van der Waals surface area contributed by atoms with Gasteiger partial charge in [0.05, 0.1) is 18.8 Å². The van der Waals surface area contributed by atoms with Crippen molar-refractivity contribution in [3.05, 3.63) is 71.8 Å². The maximum atomic E-state index is 12.7. The summed E-state index contributed by atoms with van der Waals surface area (Å²) >= 11 is 0. The first-order chi connectivity index (χ1) is 14.5. The van der Waals surface area contributed by atoms with Crippen molar-refractivity contribution in [2.24, 2.45) is 5.92 Å². The topological polar surface area (TPSA) is 48.0 Å². The van der Waals surface area contributed by atoms with Crippen molar-refractivity contribution in [1.82, 2.24) is 4.90 Å². The molecule has 1 aliphatic heterocycles. The third-order valence-electron chi connectivity index (χ3n) is 5.91. The van der Waals surface area contributed by atoms with Gasteiger partial charge in [0.15, 0.2) is 6.29 Å². The third-order valence-corrected chi connectivity index (χ3v) is 5.91. The maximum Gasteiger partial charge on any atom is 0.220 e. The van der Waals surface area contributed by atoms with Gasteiger partial charge in [-0.3, -0.25) is 4.79 Å². The summed E-state index contributed by atoms with van der Waals surface area (Å²) in [5, 5.41) is 0. The van der Waals surface area contributed by atoms with Gasteiger partial charge >= 0.3 is 0 Å². The molecule has 2 aromatic carbocycles. The van der Waals surface area contributed by atoms with Crippen LogP contribution in [0.4, 0.5) is 0 Å². The Morgan fingerprint density at radius 3 is 2.17 bits per heavy atom. The lowest BCUT2D eigenvalue weighted by molar-refractivity contribution is -0.268. The molecule has 1 saturated heterocycles. The molecule has 0 N–H and O–H groups in total. The first-order valence-corrected chi connectivity index (χ1v) is 10.7. The standard InChI is InChI=1S/C25H33NO4/c1-5-22-18(2)24(29-17-21-14-10-7-11-15-21)23(25(28-4)30-22)26(19(3)27)16-20-12-8-6-9-13-20/h6-15,18,22-25H,5,16-17H2,1-4H3/t18-,22+,23-,24-,25+/m0/s1. The molecule has 0 saturated carbocycles. The summed E-state index contributed by atoms with van der Waals surface area (Å²) in [6, 6.07) is 19.8. The van der Waals surface area contributed by atoms with Gasteiger partial charge in [-0.1, -0.05) is 74.5 Å². The number of benzene rings is 2. The Hall–Kier alpha value is -2.21. The van der Waals surface area contributed by atoms with Gasteiger partial charge in [-0.15, -0.1) is 0 Å². The molecule has 30 heavy (non-hydrogen) atoms. The molecule has 0 unspecified atom stereocenters. The Kier molecular flexibility index (Phi) is 8.02. The van der Waals surface area contributed by atoms with Crippen molar-refractivity contribution >= 4 is 5.91 Å². The molecule has 3 rings (SSSR count). The van der Waals surface area contributed by atoms with Crippen molar-refractivity contribution in [3.8, 4) is 0 Å². The Morgan fingerprint density at radius 1 is 1.03 bits per heavy atom. The lowest BCUT2D eigenvalue weighted by atomic mass is 9.86. The lowest BCUT2D eigenvalue weighted by Crippen LogP contribution is -2.62. The molecule has 0 aliphatic carbocycles. The van der Waals surface area contributed by atoms with Crippen molar-refractivity contribution < 1.29 is 19.0 Å². The van der Waals surface area contributed by atoms with E-state index in [1.165, 1.54) is 0 Å². The highest BCUT2D eigenvalue weighted by Crippen LogP contribution is 2.34. The molecule has 1 amide bonds. The molecule has 0 bridgehead atoms. The molecular weight excluding hydrogens is 378 g/mol. The van der Waals surface area contributed by atoms with Gasteiger partial charge in [0.2, 0.25) is 5.91 Å². The molecule has 5 heteroatoms. The first-order valence-electron chi connectivity index (χ1n) is 10.7. The Morgan fingerprint density at radius 2 is 1.63 bits per heavy atom. The summed E-state index contributed by atoms with van der Waals surface area (Å²) < 4.78 is 18.5. The number of carbonyl (C=O) groups excluding carboxylic acids is 1. The van der Waals surface area contributed by atoms with E-state index in [1.54, 1.807) is 14.0 Å². The number of nitrogens with zero attached hydrogens (tertiary/aromatic N) is 1. The maximum absolute atomic E-state index is 12.7. The number of hydrogen-bond donors (Lipinski definition) is 0. The minimum absolute atomic E-state index is 0.0116. The van der Waals surface area contributed by atoms with Gasteiger partial charge in [0.1, 0.15) is 6.04 Å². The van der Waals surface area contributed by atoms with Crippen LogP contribution in [0, 0.1) is 5.92 Å². The van der Waals surface area contributed by atoms with E-state index in [9.17, 15) is 4.79 Å². The van der Waals surface area contributed by atoms with E-state index in [-0.39, 0.29) is 30.1 Å². The predicted molar refractivity (Wildman–Crippen MR) is 117 cm³/mol. The van der Waals surface area contributed by atoms with Crippen molar-refractivity contribution in [3.63, 3.8) is 0 Å². The Bertz CT molecular complexity index is 782. The Balaban J connectivity index is 1.90. The fourth-order valence-electron chi connectivity index (χ4n) is 4.27. The van der Waals surface area contributed by atoms with Gasteiger partial charge in [-0.05, 0) is 17.5 Å². The number of methoxy groups -OCH3 is 1. The van der Waals surface area contributed by atoms with Crippen LogP contribution in [0.2, 0.25) is 0 Å². The average molecular weight is 412 g/mol. The number of amides is 1. The average Bonchev–Trinajstić information content (AvgIpc) is 2.77. The summed E-state index contributed by atoms with van der Waals surface area (Å²) in [6.07, 6.45) is 0.121. The van der Waals surface area contributed by atoms with E-state index in [0.717, 1.165) is 17.5 Å². The number of hydrogen-bond acceptors (Lipinski definition) is 4. The zero-order valence-corrected chi connectivity index (χ0v) is 18.4. The monoisotopic (exact) mass is 411 g/mol. The van der Waals surface area contributed by atoms with E-state index < -0.39 is 6.29 Å². The van der Waals surface area contributed by atoms with Gasteiger partial charge in [0, 0.05) is 26.5 Å². The Labute approximate surface area is 179 Å². The van der Waals surface area contributed by atoms with Crippen LogP contribution in [0.25, 0.3) is 0 Å². The summed E-state index contributed by atoms with van der Waals surface area (Å²) in [6.45, 7) is 6.81. The van der Waals surface area contributed by atoms with Crippen LogP contribution in [0.15, 0.2) is 60.7 Å². The second kappa shape index (κ2) is 10.7. The highest BCUT2D eigenvalue weighted by atomic mass is 16.7. The minimum atomic E-state index is -0.542. The number of carbonyl (C=O) groups is 1. The minimum Gasteiger partial charge on any atom is -0.371 e. The predicted octanol–water partition coefficient (Wildman–Crippen LogP) is 4.41. The summed E-state index contributed by atoms with van der Waals surface area (Å²) in [5.74, 6) is 0.0951. The second-order valence-electron chi connectivity index (χ2n) is 7.93. The lowest BCUT2D eigenvalue weighted by Gasteiger charge is -2.49.